The smallest absolute Gasteiger partial charge is 0.328 e. The minimum atomic E-state index is -0.909. The van der Waals surface area contributed by atoms with Crippen LogP contribution >= 0.6 is 11.3 Å². The average Bonchev–Trinajstić information content (AvgIpc) is 3.36. The Kier molecular flexibility index (Phi) is 6.45. The number of carbonyl (C=O) groups excluding carboxylic acids is 3. The highest BCUT2D eigenvalue weighted by Gasteiger charge is 2.34. The molecular weight excluding hydrogens is 382 g/mol. The van der Waals surface area contributed by atoms with Gasteiger partial charge in [0.25, 0.3) is 0 Å². The van der Waals surface area contributed by atoms with Crippen molar-refractivity contribution in [1.29, 1.82) is 0 Å². The molecule has 1 unspecified atom stereocenters. The van der Waals surface area contributed by atoms with E-state index >= 15 is 0 Å². The third kappa shape index (κ3) is 4.41. The number of urea groups is 1. The van der Waals surface area contributed by atoms with Gasteiger partial charge in [0.15, 0.2) is 0 Å². The van der Waals surface area contributed by atoms with Crippen molar-refractivity contribution in [3.63, 3.8) is 0 Å². The topological polar surface area (TPSA) is 97.8 Å². The molecule has 2 aromatic rings. The van der Waals surface area contributed by atoms with E-state index < -0.39 is 18.0 Å². The number of hydrogen-bond acceptors (Lipinski definition) is 7. The summed E-state index contributed by atoms with van der Waals surface area (Å²) in [5.74, 6) is -1.04. The minimum Gasteiger partial charge on any atom is -0.469 e. The van der Waals surface area contributed by atoms with Gasteiger partial charge in [-0.15, -0.1) is 11.3 Å². The number of amides is 2. The van der Waals surface area contributed by atoms with Gasteiger partial charge >= 0.3 is 18.0 Å². The van der Waals surface area contributed by atoms with E-state index in [9.17, 15) is 14.4 Å². The standard InChI is InChI=1S/C19H23N3O5S/c1-26-16(23)10-9-13(18(24)27-2)21-19(25)22-11-5-7-14(22)17-20-12-6-3-4-8-15(12)28-17/h3-4,6,8,13-14H,5,7,9-11H2,1-2H3,(H,21,25)/t13-,14?/m0/s1. The van der Waals surface area contributed by atoms with E-state index in [4.69, 9.17) is 4.74 Å². The molecule has 2 heterocycles. The van der Waals surface area contributed by atoms with E-state index in [1.807, 2.05) is 24.3 Å². The molecule has 1 aromatic heterocycles. The SMILES string of the molecule is COC(=O)CC[C@H](NC(=O)N1CCCC1c1nc2ccccc2s1)C(=O)OC. The highest BCUT2D eigenvalue weighted by molar-refractivity contribution is 7.18. The number of ether oxygens (including phenoxy) is 2. The lowest BCUT2D eigenvalue weighted by Crippen LogP contribution is -2.48. The summed E-state index contributed by atoms with van der Waals surface area (Å²) in [6.07, 6.45) is 1.81. The van der Waals surface area contributed by atoms with Crippen LogP contribution in [0.3, 0.4) is 0 Å². The molecule has 28 heavy (non-hydrogen) atoms. The number of fused-ring (bicyclic) bond motifs is 1. The van der Waals surface area contributed by atoms with Gasteiger partial charge in [0.2, 0.25) is 0 Å². The molecule has 3 rings (SSSR count). The Morgan fingerprint density at radius 1 is 1.29 bits per heavy atom. The monoisotopic (exact) mass is 405 g/mol. The maximum absolute atomic E-state index is 12.9. The molecule has 0 bridgehead atoms. The van der Waals surface area contributed by atoms with E-state index in [0.29, 0.717) is 6.54 Å². The Balaban J connectivity index is 1.71. The van der Waals surface area contributed by atoms with Gasteiger partial charge in [-0.2, -0.15) is 0 Å². The summed E-state index contributed by atoms with van der Waals surface area (Å²) in [5, 5.41) is 3.59. The molecule has 0 spiro atoms. The van der Waals surface area contributed by atoms with Crippen molar-refractivity contribution in [3.8, 4) is 0 Å². The first-order valence-electron chi connectivity index (χ1n) is 9.10. The molecule has 0 aliphatic carbocycles. The first-order chi connectivity index (χ1) is 13.5. The third-order valence-corrected chi connectivity index (χ3v) is 5.90. The van der Waals surface area contributed by atoms with Crippen molar-refractivity contribution in [3.05, 3.63) is 29.3 Å². The Morgan fingerprint density at radius 2 is 2.07 bits per heavy atom. The lowest BCUT2D eigenvalue weighted by Gasteiger charge is -2.26. The first-order valence-corrected chi connectivity index (χ1v) is 9.92. The fraction of sp³-hybridized carbons (Fsp3) is 0.474. The van der Waals surface area contributed by atoms with Crippen LogP contribution < -0.4 is 5.32 Å². The summed E-state index contributed by atoms with van der Waals surface area (Å²) in [5.41, 5.74) is 0.917. The number of para-hydroxylation sites is 1. The second kappa shape index (κ2) is 9.01. The number of carbonyl (C=O) groups is 3. The van der Waals surface area contributed by atoms with E-state index in [0.717, 1.165) is 28.1 Å². The van der Waals surface area contributed by atoms with Crippen molar-refractivity contribution in [2.24, 2.45) is 0 Å². The Morgan fingerprint density at radius 3 is 2.79 bits per heavy atom. The summed E-state index contributed by atoms with van der Waals surface area (Å²) in [4.78, 5) is 42.6. The van der Waals surface area contributed by atoms with Gasteiger partial charge < -0.3 is 19.7 Å². The van der Waals surface area contributed by atoms with Crippen molar-refractivity contribution in [1.82, 2.24) is 15.2 Å². The maximum atomic E-state index is 12.9. The predicted octanol–water partition coefficient (Wildman–Crippen LogP) is 2.64. The van der Waals surface area contributed by atoms with Gasteiger partial charge in [-0.05, 0) is 31.4 Å². The molecule has 2 atom stereocenters. The molecule has 1 aliphatic rings. The summed E-state index contributed by atoms with van der Waals surface area (Å²) in [7, 11) is 2.53. The summed E-state index contributed by atoms with van der Waals surface area (Å²) >= 11 is 1.58. The van der Waals surface area contributed by atoms with Gasteiger partial charge in [-0.3, -0.25) is 4.79 Å². The molecule has 1 aromatic carbocycles. The lowest BCUT2D eigenvalue weighted by atomic mass is 10.1. The first kappa shape index (κ1) is 20.1. The van der Waals surface area contributed by atoms with Crippen LogP contribution in [0.5, 0.6) is 0 Å². The van der Waals surface area contributed by atoms with Crippen LogP contribution in [0.2, 0.25) is 0 Å². The molecule has 9 heteroatoms. The number of likely N-dealkylation sites (tertiary alicyclic amines) is 1. The van der Waals surface area contributed by atoms with Crippen molar-refractivity contribution in [2.45, 2.75) is 37.8 Å². The summed E-state index contributed by atoms with van der Waals surface area (Å²) < 4.78 is 10.4. The molecule has 0 saturated carbocycles. The van der Waals surface area contributed by atoms with E-state index in [-0.39, 0.29) is 24.9 Å². The van der Waals surface area contributed by atoms with E-state index in [1.54, 1.807) is 16.2 Å². The van der Waals surface area contributed by atoms with Gasteiger partial charge in [-0.25, -0.2) is 14.6 Å². The zero-order valence-corrected chi connectivity index (χ0v) is 16.7. The number of benzene rings is 1. The predicted molar refractivity (Wildman–Crippen MR) is 104 cm³/mol. The van der Waals surface area contributed by atoms with Crippen LogP contribution in [0.25, 0.3) is 10.2 Å². The number of rotatable bonds is 6. The van der Waals surface area contributed by atoms with Crippen LogP contribution in [0.1, 0.15) is 36.7 Å². The van der Waals surface area contributed by atoms with E-state index in [2.05, 4.69) is 15.0 Å². The van der Waals surface area contributed by atoms with E-state index in [1.165, 1.54) is 14.2 Å². The molecule has 1 N–H and O–H groups in total. The number of thiazole rings is 1. The van der Waals surface area contributed by atoms with Crippen molar-refractivity contribution >= 4 is 39.5 Å². The van der Waals surface area contributed by atoms with Crippen molar-refractivity contribution < 1.29 is 23.9 Å². The van der Waals surface area contributed by atoms with Crippen LogP contribution in [0.4, 0.5) is 4.79 Å². The van der Waals surface area contributed by atoms with Crippen LogP contribution in [-0.4, -0.2) is 54.7 Å². The largest absolute Gasteiger partial charge is 0.469 e. The Bertz CT molecular complexity index is 835. The quantitative estimate of drug-likeness (QED) is 0.742. The second-order valence-electron chi connectivity index (χ2n) is 6.51. The molecule has 150 valence electrons. The van der Waals surface area contributed by atoms with Gasteiger partial charge in [0.1, 0.15) is 11.0 Å². The number of methoxy groups -OCH3 is 2. The Hall–Kier alpha value is -2.68. The fourth-order valence-corrected chi connectivity index (χ4v) is 4.40. The zero-order chi connectivity index (χ0) is 20.1. The summed E-state index contributed by atoms with van der Waals surface area (Å²) in [6, 6.07) is 6.47. The number of hydrogen-bond donors (Lipinski definition) is 1. The van der Waals surface area contributed by atoms with Crippen LogP contribution in [0, 0.1) is 0 Å². The third-order valence-electron chi connectivity index (χ3n) is 4.76. The second-order valence-corrected chi connectivity index (χ2v) is 7.57. The highest BCUT2D eigenvalue weighted by atomic mass is 32.1. The van der Waals surface area contributed by atoms with Gasteiger partial charge in [0.05, 0.1) is 30.5 Å². The molecular formula is C19H23N3O5S. The van der Waals surface area contributed by atoms with Crippen molar-refractivity contribution in [2.75, 3.05) is 20.8 Å². The molecule has 1 saturated heterocycles. The number of nitrogens with one attached hydrogen (secondary N) is 1. The maximum Gasteiger partial charge on any atom is 0.328 e. The fourth-order valence-electron chi connectivity index (χ4n) is 3.29. The molecule has 0 radical (unpaired) electrons. The number of aromatic nitrogens is 1. The number of esters is 2. The molecule has 2 amide bonds. The summed E-state index contributed by atoms with van der Waals surface area (Å²) in [6.45, 7) is 0.581. The highest BCUT2D eigenvalue weighted by Crippen LogP contribution is 2.36. The Labute approximate surface area is 166 Å². The van der Waals surface area contributed by atoms with Crippen LogP contribution in [-0.2, 0) is 19.1 Å². The van der Waals surface area contributed by atoms with Gasteiger partial charge in [-0.1, -0.05) is 12.1 Å². The molecule has 1 aliphatic heterocycles. The number of nitrogens with zero attached hydrogens (tertiary/aromatic N) is 2. The lowest BCUT2D eigenvalue weighted by molar-refractivity contribution is -0.144. The average molecular weight is 405 g/mol. The normalized spacial score (nSPS) is 17.4. The minimum absolute atomic E-state index is 0.0118. The molecule has 1 fully saturated rings. The van der Waals surface area contributed by atoms with Gasteiger partial charge in [0, 0.05) is 13.0 Å². The molecule has 8 nitrogen and oxygen atoms in total. The zero-order valence-electron chi connectivity index (χ0n) is 15.8. The van der Waals surface area contributed by atoms with Crippen LogP contribution in [0.15, 0.2) is 24.3 Å².